The van der Waals surface area contributed by atoms with Crippen molar-refractivity contribution in [1.82, 2.24) is 19.4 Å². The van der Waals surface area contributed by atoms with E-state index in [1.54, 1.807) is 12.5 Å². The molecule has 1 atom stereocenters. The third kappa shape index (κ3) is 4.91. The molecule has 5 rings (SSSR count). The number of carbonyl (C=O) groups excluding carboxylic acids is 1. The number of nitrogens with two attached hydrogens (primary N) is 1. The van der Waals surface area contributed by atoms with E-state index >= 15 is 0 Å². The number of hydrogen-bond acceptors (Lipinski definition) is 5. The zero-order valence-electron chi connectivity index (χ0n) is 17.9. The Labute approximate surface area is 200 Å². The van der Waals surface area contributed by atoms with Gasteiger partial charge in [0.05, 0.1) is 24.1 Å². The Hall–Kier alpha value is -2.19. The van der Waals surface area contributed by atoms with Gasteiger partial charge in [0.1, 0.15) is 5.52 Å². The maximum absolute atomic E-state index is 13.0. The van der Waals surface area contributed by atoms with Gasteiger partial charge in [-0.3, -0.25) is 4.79 Å². The van der Waals surface area contributed by atoms with Crippen LogP contribution in [0.25, 0.3) is 11.2 Å². The Morgan fingerprint density at radius 2 is 1.91 bits per heavy atom. The SMILES string of the molecule is Cl.Cl.NC1COC2(CCN(C(=O)c3cnc4c(c3)ncn4CCc3ccccc3)CC2)C1. The molecule has 0 bridgehead atoms. The van der Waals surface area contributed by atoms with Gasteiger partial charge in [-0.25, -0.2) is 9.97 Å². The third-order valence-electron chi connectivity index (χ3n) is 6.39. The summed E-state index contributed by atoms with van der Waals surface area (Å²) in [4.78, 5) is 24.0. The lowest BCUT2D eigenvalue weighted by Gasteiger charge is -2.38. The van der Waals surface area contributed by atoms with E-state index in [1.165, 1.54) is 5.56 Å². The Bertz CT molecular complexity index is 1050. The Morgan fingerprint density at radius 1 is 1.16 bits per heavy atom. The van der Waals surface area contributed by atoms with Crippen molar-refractivity contribution in [3.63, 3.8) is 0 Å². The number of aromatic nitrogens is 3. The first-order chi connectivity index (χ1) is 14.6. The number of hydrogen-bond donors (Lipinski definition) is 1. The molecule has 1 unspecified atom stereocenters. The van der Waals surface area contributed by atoms with Crippen molar-refractivity contribution < 1.29 is 9.53 Å². The Kier molecular flexibility index (Phi) is 7.77. The molecule has 1 aromatic carbocycles. The second kappa shape index (κ2) is 10.2. The fourth-order valence-corrected chi connectivity index (χ4v) is 4.65. The number of piperidine rings is 1. The van der Waals surface area contributed by atoms with E-state index in [1.807, 2.05) is 33.7 Å². The number of fused-ring (bicyclic) bond motifs is 1. The Morgan fingerprint density at radius 3 is 2.59 bits per heavy atom. The van der Waals surface area contributed by atoms with Crippen LogP contribution in [0.4, 0.5) is 0 Å². The number of benzene rings is 1. The minimum Gasteiger partial charge on any atom is -0.373 e. The van der Waals surface area contributed by atoms with Gasteiger partial charge in [-0.15, -0.1) is 24.8 Å². The zero-order chi connectivity index (χ0) is 20.6. The van der Waals surface area contributed by atoms with Gasteiger partial charge in [0.2, 0.25) is 0 Å². The van der Waals surface area contributed by atoms with Crippen LogP contribution >= 0.6 is 24.8 Å². The molecule has 2 aliphatic heterocycles. The molecule has 2 fully saturated rings. The van der Waals surface area contributed by atoms with Crippen molar-refractivity contribution in [2.24, 2.45) is 5.73 Å². The van der Waals surface area contributed by atoms with Crippen molar-refractivity contribution in [3.8, 4) is 0 Å². The normalized spacial score (nSPS) is 19.5. The minimum atomic E-state index is -0.129. The van der Waals surface area contributed by atoms with Crippen molar-refractivity contribution in [1.29, 1.82) is 0 Å². The molecular formula is C23H29Cl2N5O2. The molecule has 2 aliphatic rings. The highest BCUT2D eigenvalue weighted by molar-refractivity contribution is 5.96. The standard InChI is InChI=1S/C23H27N5O2.2ClH/c24-19-13-23(30-15-19)7-10-27(11-8-23)22(29)18-12-20-21(25-14-18)28(16-26-20)9-6-17-4-2-1-3-5-17;;/h1-5,12,14,16,19H,6-11,13,15,24H2;2*1H. The van der Waals surface area contributed by atoms with Gasteiger partial charge < -0.3 is 19.9 Å². The summed E-state index contributed by atoms with van der Waals surface area (Å²) >= 11 is 0. The van der Waals surface area contributed by atoms with Gasteiger partial charge in [-0.1, -0.05) is 30.3 Å². The second-order valence-electron chi connectivity index (χ2n) is 8.49. The summed E-state index contributed by atoms with van der Waals surface area (Å²) in [5, 5.41) is 0. The first kappa shape index (κ1) is 24.5. The lowest BCUT2D eigenvalue weighted by molar-refractivity contribution is -0.0388. The van der Waals surface area contributed by atoms with Crippen molar-refractivity contribution in [2.45, 2.75) is 43.9 Å². The van der Waals surface area contributed by atoms with E-state index < -0.39 is 0 Å². The monoisotopic (exact) mass is 477 g/mol. The van der Waals surface area contributed by atoms with Gasteiger partial charge in [0.15, 0.2) is 5.65 Å². The van der Waals surface area contributed by atoms with E-state index in [0.29, 0.717) is 25.3 Å². The lowest BCUT2D eigenvalue weighted by atomic mass is 9.87. The molecule has 1 spiro atoms. The average Bonchev–Trinajstić information content (AvgIpc) is 3.36. The number of carbonyl (C=O) groups is 1. The summed E-state index contributed by atoms with van der Waals surface area (Å²) in [5.41, 5.74) is 9.33. The smallest absolute Gasteiger partial charge is 0.255 e. The van der Waals surface area contributed by atoms with Gasteiger partial charge in [-0.05, 0) is 37.3 Å². The number of halogens is 2. The van der Waals surface area contributed by atoms with Crippen LogP contribution in [-0.4, -0.2) is 56.7 Å². The summed E-state index contributed by atoms with van der Waals surface area (Å²) in [6.07, 6.45) is 6.98. The molecule has 2 saturated heterocycles. The highest BCUT2D eigenvalue weighted by Crippen LogP contribution is 2.35. The van der Waals surface area contributed by atoms with Gasteiger partial charge >= 0.3 is 0 Å². The number of imidazole rings is 1. The summed E-state index contributed by atoms with van der Waals surface area (Å²) in [5.74, 6) is 0.0142. The van der Waals surface area contributed by atoms with E-state index in [4.69, 9.17) is 10.5 Å². The minimum absolute atomic E-state index is 0. The number of likely N-dealkylation sites (tertiary alicyclic amines) is 1. The van der Waals surface area contributed by atoms with Crippen LogP contribution in [0.2, 0.25) is 0 Å². The first-order valence-corrected chi connectivity index (χ1v) is 10.7. The summed E-state index contributed by atoms with van der Waals surface area (Å²) in [7, 11) is 0. The largest absolute Gasteiger partial charge is 0.373 e. The molecule has 0 radical (unpaired) electrons. The molecule has 1 amide bonds. The van der Waals surface area contributed by atoms with Crippen molar-refractivity contribution in [3.05, 3.63) is 60.0 Å². The molecular weight excluding hydrogens is 449 g/mol. The van der Waals surface area contributed by atoms with E-state index in [2.05, 4.69) is 22.1 Å². The van der Waals surface area contributed by atoms with Gasteiger partial charge in [0, 0.05) is 31.9 Å². The van der Waals surface area contributed by atoms with Crippen LogP contribution in [-0.2, 0) is 17.7 Å². The maximum Gasteiger partial charge on any atom is 0.255 e. The fraction of sp³-hybridized carbons (Fsp3) is 0.435. The molecule has 0 aliphatic carbocycles. The molecule has 9 heteroatoms. The fourth-order valence-electron chi connectivity index (χ4n) is 4.65. The van der Waals surface area contributed by atoms with E-state index in [0.717, 1.165) is 43.4 Å². The number of ether oxygens (including phenoxy) is 1. The van der Waals surface area contributed by atoms with Crippen LogP contribution < -0.4 is 5.73 Å². The van der Waals surface area contributed by atoms with Gasteiger partial charge in [0.25, 0.3) is 5.91 Å². The maximum atomic E-state index is 13.0. The highest BCUT2D eigenvalue weighted by atomic mass is 35.5. The predicted molar refractivity (Wildman–Crippen MR) is 129 cm³/mol. The van der Waals surface area contributed by atoms with Crippen LogP contribution in [0.5, 0.6) is 0 Å². The molecule has 0 saturated carbocycles. The number of pyridine rings is 1. The van der Waals surface area contributed by atoms with Crippen LogP contribution in [0, 0.1) is 0 Å². The summed E-state index contributed by atoms with van der Waals surface area (Å²) < 4.78 is 8.00. The highest BCUT2D eigenvalue weighted by Gasteiger charge is 2.42. The Balaban J connectivity index is 0.00000144. The topological polar surface area (TPSA) is 86.3 Å². The molecule has 2 aromatic heterocycles. The van der Waals surface area contributed by atoms with Gasteiger partial charge in [-0.2, -0.15) is 0 Å². The number of rotatable bonds is 4. The van der Waals surface area contributed by atoms with E-state index in [9.17, 15) is 4.79 Å². The van der Waals surface area contributed by atoms with Crippen LogP contribution in [0.15, 0.2) is 48.9 Å². The number of nitrogens with zero attached hydrogens (tertiary/aromatic N) is 4. The molecule has 4 heterocycles. The number of amides is 1. The summed E-state index contributed by atoms with van der Waals surface area (Å²) in [6.45, 7) is 2.81. The molecule has 172 valence electrons. The first-order valence-electron chi connectivity index (χ1n) is 10.7. The predicted octanol–water partition coefficient (Wildman–Crippen LogP) is 3.24. The third-order valence-corrected chi connectivity index (χ3v) is 6.39. The molecule has 32 heavy (non-hydrogen) atoms. The van der Waals surface area contributed by atoms with Crippen molar-refractivity contribution in [2.75, 3.05) is 19.7 Å². The second-order valence-corrected chi connectivity index (χ2v) is 8.49. The zero-order valence-corrected chi connectivity index (χ0v) is 19.5. The lowest BCUT2D eigenvalue weighted by Crippen LogP contribution is -2.46. The summed E-state index contributed by atoms with van der Waals surface area (Å²) in [6, 6.07) is 12.3. The van der Waals surface area contributed by atoms with E-state index in [-0.39, 0.29) is 42.4 Å². The van der Waals surface area contributed by atoms with Crippen LogP contribution in [0.1, 0.15) is 35.2 Å². The van der Waals surface area contributed by atoms with Crippen LogP contribution in [0.3, 0.4) is 0 Å². The number of aryl methyl sites for hydroxylation is 2. The average molecular weight is 478 g/mol. The molecule has 7 nitrogen and oxygen atoms in total. The molecule has 2 N–H and O–H groups in total. The quantitative estimate of drug-likeness (QED) is 0.622. The van der Waals surface area contributed by atoms with Crippen molar-refractivity contribution >= 4 is 41.9 Å². The molecule has 3 aromatic rings.